The molecule has 0 bridgehead atoms. The number of amides is 1. The summed E-state index contributed by atoms with van der Waals surface area (Å²) in [5.74, 6) is 1.55. The third-order valence-electron chi connectivity index (χ3n) is 5.39. The summed E-state index contributed by atoms with van der Waals surface area (Å²) in [4.78, 5) is 21.8. The molecular formula is C25H22N6O2. The summed E-state index contributed by atoms with van der Waals surface area (Å²) in [5, 5.41) is 10.4. The van der Waals surface area contributed by atoms with E-state index in [-0.39, 0.29) is 5.91 Å². The van der Waals surface area contributed by atoms with Gasteiger partial charge >= 0.3 is 0 Å². The largest absolute Gasteiger partial charge is 0.489 e. The fourth-order valence-electron chi connectivity index (χ4n) is 3.80. The Hall–Kier alpha value is -4.46. The standard InChI is InChI=1S/C25H22N6O2/c1-17-22(24(32)30-21-9-5-6-14-26-21)23(31-25(29-17)27-16-28-31)19-10-12-20(13-11-19)33-15-18-7-3-2-4-8-18/h2-14,16,23H,15H2,1H3,(H,26,30,32)(H,27,28,29)/t23-/m0/s1. The zero-order chi connectivity index (χ0) is 22.6. The number of nitrogens with one attached hydrogen (secondary N) is 2. The Labute approximate surface area is 191 Å². The minimum absolute atomic E-state index is 0.255. The summed E-state index contributed by atoms with van der Waals surface area (Å²) in [6.45, 7) is 2.34. The molecule has 2 aromatic heterocycles. The lowest BCUT2D eigenvalue weighted by molar-refractivity contribution is -0.113. The van der Waals surface area contributed by atoms with Crippen LogP contribution in [0.25, 0.3) is 0 Å². The number of fused-ring (bicyclic) bond motifs is 1. The van der Waals surface area contributed by atoms with Gasteiger partial charge in [0.15, 0.2) is 0 Å². The summed E-state index contributed by atoms with van der Waals surface area (Å²) in [7, 11) is 0. The molecule has 2 N–H and O–H groups in total. The van der Waals surface area contributed by atoms with Crippen LogP contribution in [-0.4, -0.2) is 25.7 Å². The molecule has 33 heavy (non-hydrogen) atoms. The quantitative estimate of drug-likeness (QED) is 0.469. The van der Waals surface area contributed by atoms with Gasteiger partial charge in [-0.15, -0.1) is 0 Å². The van der Waals surface area contributed by atoms with E-state index in [9.17, 15) is 4.79 Å². The van der Waals surface area contributed by atoms with E-state index in [1.165, 1.54) is 6.33 Å². The van der Waals surface area contributed by atoms with Crippen LogP contribution in [0.4, 0.5) is 11.8 Å². The van der Waals surface area contributed by atoms with Gasteiger partial charge in [-0.05, 0) is 42.3 Å². The summed E-state index contributed by atoms with van der Waals surface area (Å²) in [6.07, 6.45) is 3.11. The topological polar surface area (TPSA) is 94.0 Å². The molecule has 1 atom stereocenters. The summed E-state index contributed by atoms with van der Waals surface area (Å²) >= 11 is 0. The zero-order valence-electron chi connectivity index (χ0n) is 18.0. The van der Waals surface area contributed by atoms with Crippen molar-refractivity contribution in [3.63, 3.8) is 0 Å². The molecule has 0 spiro atoms. The van der Waals surface area contributed by atoms with E-state index in [1.54, 1.807) is 23.0 Å². The van der Waals surface area contributed by atoms with Gasteiger partial charge in [0.2, 0.25) is 5.95 Å². The smallest absolute Gasteiger partial charge is 0.257 e. The van der Waals surface area contributed by atoms with E-state index in [1.807, 2.05) is 67.6 Å². The molecule has 2 aromatic carbocycles. The number of rotatable bonds is 6. The molecule has 0 aliphatic carbocycles. The molecule has 0 saturated heterocycles. The van der Waals surface area contributed by atoms with Crippen molar-refractivity contribution in [2.45, 2.75) is 19.6 Å². The Morgan fingerprint density at radius 3 is 2.58 bits per heavy atom. The number of aromatic nitrogens is 4. The van der Waals surface area contributed by atoms with Gasteiger partial charge in [-0.25, -0.2) is 9.67 Å². The number of benzene rings is 2. The van der Waals surface area contributed by atoms with Gasteiger partial charge in [-0.3, -0.25) is 4.79 Å². The number of nitrogens with zero attached hydrogens (tertiary/aromatic N) is 4. The predicted octanol–water partition coefficient (Wildman–Crippen LogP) is 4.18. The number of carbonyl (C=O) groups is 1. The Balaban J connectivity index is 1.42. The normalized spacial score (nSPS) is 14.9. The lowest BCUT2D eigenvalue weighted by atomic mass is 9.95. The molecule has 8 heteroatoms. The van der Waals surface area contributed by atoms with Crippen LogP contribution in [0.3, 0.4) is 0 Å². The molecular weight excluding hydrogens is 416 g/mol. The second-order valence-electron chi connectivity index (χ2n) is 7.61. The highest BCUT2D eigenvalue weighted by molar-refractivity contribution is 6.05. The third kappa shape index (κ3) is 4.31. The monoisotopic (exact) mass is 438 g/mol. The van der Waals surface area contributed by atoms with Crippen molar-refractivity contribution in [1.82, 2.24) is 19.7 Å². The van der Waals surface area contributed by atoms with E-state index in [4.69, 9.17) is 4.74 Å². The van der Waals surface area contributed by atoms with Gasteiger partial charge in [0.05, 0.1) is 5.57 Å². The summed E-state index contributed by atoms with van der Waals surface area (Å²) in [6, 6.07) is 22.6. The first kappa shape index (κ1) is 20.4. The molecule has 0 unspecified atom stereocenters. The third-order valence-corrected chi connectivity index (χ3v) is 5.39. The SMILES string of the molecule is CC1=C(C(=O)Nc2ccccn2)[C@H](c2ccc(OCc3ccccc3)cc2)n2ncnc2N1. The predicted molar refractivity (Wildman–Crippen MR) is 125 cm³/mol. The number of hydrogen-bond acceptors (Lipinski definition) is 6. The number of hydrogen-bond donors (Lipinski definition) is 2. The van der Waals surface area contributed by atoms with Gasteiger partial charge < -0.3 is 15.4 Å². The van der Waals surface area contributed by atoms with E-state index in [0.29, 0.717) is 29.6 Å². The van der Waals surface area contributed by atoms with Gasteiger partial charge in [0, 0.05) is 11.9 Å². The molecule has 1 amide bonds. The van der Waals surface area contributed by atoms with Gasteiger partial charge in [0.25, 0.3) is 5.91 Å². The highest BCUT2D eigenvalue weighted by Gasteiger charge is 2.33. The van der Waals surface area contributed by atoms with Crippen molar-refractivity contribution in [3.8, 4) is 5.75 Å². The molecule has 0 fully saturated rings. The van der Waals surface area contributed by atoms with Gasteiger partial charge in [0.1, 0.15) is 30.5 Å². The van der Waals surface area contributed by atoms with E-state index in [0.717, 1.165) is 16.9 Å². The lowest BCUT2D eigenvalue weighted by Gasteiger charge is -2.28. The number of anilines is 2. The second kappa shape index (κ2) is 8.96. The van der Waals surface area contributed by atoms with Crippen LogP contribution in [0.1, 0.15) is 24.1 Å². The molecule has 8 nitrogen and oxygen atoms in total. The molecule has 4 aromatic rings. The maximum absolute atomic E-state index is 13.3. The second-order valence-corrected chi connectivity index (χ2v) is 7.61. The Morgan fingerprint density at radius 2 is 1.82 bits per heavy atom. The van der Waals surface area contributed by atoms with Crippen LogP contribution in [-0.2, 0) is 11.4 Å². The van der Waals surface area contributed by atoms with Crippen molar-refractivity contribution in [1.29, 1.82) is 0 Å². The summed E-state index contributed by atoms with van der Waals surface area (Å²) < 4.78 is 7.63. The van der Waals surface area contributed by atoms with Crippen LogP contribution in [0.15, 0.2) is 96.6 Å². The summed E-state index contributed by atoms with van der Waals surface area (Å²) in [5.41, 5.74) is 3.23. The van der Waals surface area contributed by atoms with Crippen molar-refractivity contribution < 1.29 is 9.53 Å². The van der Waals surface area contributed by atoms with Crippen LogP contribution in [0.2, 0.25) is 0 Å². The first-order chi connectivity index (χ1) is 16.2. The molecule has 164 valence electrons. The fraction of sp³-hybridized carbons (Fsp3) is 0.120. The average molecular weight is 438 g/mol. The van der Waals surface area contributed by atoms with Crippen LogP contribution in [0.5, 0.6) is 5.75 Å². The Bertz CT molecular complexity index is 1280. The molecule has 1 aliphatic heterocycles. The number of carbonyl (C=O) groups excluding carboxylic acids is 1. The maximum Gasteiger partial charge on any atom is 0.257 e. The van der Waals surface area contributed by atoms with Crippen molar-refractivity contribution >= 4 is 17.7 Å². The van der Waals surface area contributed by atoms with Crippen molar-refractivity contribution in [2.75, 3.05) is 10.6 Å². The minimum atomic E-state index is -0.448. The van der Waals surface area contributed by atoms with Crippen LogP contribution in [0, 0.1) is 0 Å². The van der Waals surface area contributed by atoms with Gasteiger partial charge in [-0.1, -0.05) is 48.5 Å². The number of ether oxygens (including phenoxy) is 1. The zero-order valence-corrected chi connectivity index (χ0v) is 18.0. The highest BCUT2D eigenvalue weighted by Crippen LogP contribution is 2.35. The molecule has 0 radical (unpaired) electrons. The van der Waals surface area contributed by atoms with E-state index in [2.05, 4.69) is 25.7 Å². The first-order valence-corrected chi connectivity index (χ1v) is 10.6. The van der Waals surface area contributed by atoms with Crippen molar-refractivity contribution in [3.05, 3.63) is 108 Å². The van der Waals surface area contributed by atoms with Crippen LogP contribution >= 0.6 is 0 Å². The molecule has 5 rings (SSSR count). The van der Waals surface area contributed by atoms with Crippen LogP contribution < -0.4 is 15.4 Å². The van der Waals surface area contributed by atoms with Gasteiger partial charge in [-0.2, -0.15) is 10.1 Å². The van der Waals surface area contributed by atoms with E-state index < -0.39 is 6.04 Å². The maximum atomic E-state index is 13.3. The molecule has 1 aliphatic rings. The molecule has 3 heterocycles. The van der Waals surface area contributed by atoms with Crippen molar-refractivity contribution in [2.24, 2.45) is 0 Å². The van der Waals surface area contributed by atoms with E-state index >= 15 is 0 Å². The fourth-order valence-corrected chi connectivity index (χ4v) is 3.80. The average Bonchev–Trinajstić information content (AvgIpc) is 3.31. The number of allylic oxidation sites excluding steroid dienone is 1. The Kier molecular flexibility index (Phi) is 5.55. The lowest BCUT2D eigenvalue weighted by Crippen LogP contribution is -2.31. The number of pyridine rings is 1. The Morgan fingerprint density at radius 1 is 1.03 bits per heavy atom. The highest BCUT2D eigenvalue weighted by atomic mass is 16.5. The first-order valence-electron chi connectivity index (χ1n) is 10.6. The molecule has 0 saturated carbocycles. The minimum Gasteiger partial charge on any atom is -0.489 e.